The summed E-state index contributed by atoms with van der Waals surface area (Å²) in [6.45, 7) is 2.58. The summed E-state index contributed by atoms with van der Waals surface area (Å²) in [5.74, 6) is 0.696. The molecule has 1 aromatic carbocycles. The summed E-state index contributed by atoms with van der Waals surface area (Å²) in [5, 5.41) is 4.92. The molecule has 0 aliphatic heterocycles. The highest BCUT2D eigenvalue weighted by molar-refractivity contribution is 9.10. The zero-order valence-electron chi connectivity index (χ0n) is 8.74. The number of benzene rings is 1. The Morgan fingerprint density at radius 1 is 1.50 bits per heavy atom. The Labute approximate surface area is 107 Å². The fraction of sp³-hybridized carbons (Fsp3) is 0.182. The van der Waals surface area contributed by atoms with Crippen molar-refractivity contribution in [2.75, 3.05) is 5.73 Å². The first kappa shape index (κ1) is 11.5. The van der Waals surface area contributed by atoms with Gasteiger partial charge in [-0.1, -0.05) is 33.6 Å². The van der Waals surface area contributed by atoms with Crippen molar-refractivity contribution < 1.29 is 0 Å². The van der Waals surface area contributed by atoms with Crippen LogP contribution in [0.25, 0.3) is 0 Å². The fourth-order valence-electron chi connectivity index (χ4n) is 1.43. The van der Waals surface area contributed by atoms with Crippen LogP contribution < -0.4 is 5.73 Å². The lowest BCUT2D eigenvalue weighted by atomic mass is 10.2. The molecule has 2 aromatic rings. The smallest absolute Gasteiger partial charge is 0.124 e. The van der Waals surface area contributed by atoms with Gasteiger partial charge in [0, 0.05) is 15.1 Å². The Kier molecular flexibility index (Phi) is 3.21. The SMILES string of the molecule is Cc1cnn(Cc2ccc(Cl)cc2Br)c1N. The molecule has 0 spiro atoms. The van der Waals surface area contributed by atoms with E-state index in [-0.39, 0.29) is 0 Å². The Bertz CT molecular complexity index is 522. The van der Waals surface area contributed by atoms with Crippen LogP contribution in [0.3, 0.4) is 0 Å². The number of nitrogen functional groups attached to an aromatic ring is 1. The van der Waals surface area contributed by atoms with Crippen molar-refractivity contribution in [1.82, 2.24) is 9.78 Å². The van der Waals surface area contributed by atoms with Gasteiger partial charge in [-0.05, 0) is 24.6 Å². The zero-order valence-corrected chi connectivity index (χ0v) is 11.1. The third kappa shape index (κ3) is 2.23. The van der Waals surface area contributed by atoms with Crippen LogP contribution in [0.2, 0.25) is 5.02 Å². The summed E-state index contributed by atoms with van der Waals surface area (Å²) in [6, 6.07) is 5.68. The maximum atomic E-state index is 5.89. The molecule has 0 fully saturated rings. The Morgan fingerprint density at radius 3 is 2.81 bits per heavy atom. The van der Waals surface area contributed by atoms with Gasteiger partial charge in [-0.3, -0.25) is 0 Å². The molecule has 0 aliphatic rings. The van der Waals surface area contributed by atoms with Gasteiger partial charge in [-0.25, -0.2) is 4.68 Å². The number of anilines is 1. The largest absolute Gasteiger partial charge is 0.384 e. The molecule has 16 heavy (non-hydrogen) atoms. The van der Waals surface area contributed by atoms with Gasteiger partial charge in [-0.15, -0.1) is 0 Å². The monoisotopic (exact) mass is 299 g/mol. The van der Waals surface area contributed by atoms with E-state index in [9.17, 15) is 0 Å². The van der Waals surface area contributed by atoms with Gasteiger partial charge in [0.15, 0.2) is 0 Å². The molecule has 0 saturated carbocycles. The molecule has 1 heterocycles. The van der Waals surface area contributed by atoms with Gasteiger partial charge in [0.1, 0.15) is 5.82 Å². The third-order valence-electron chi connectivity index (χ3n) is 2.41. The second-order valence-electron chi connectivity index (χ2n) is 3.61. The van der Waals surface area contributed by atoms with E-state index in [2.05, 4.69) is 21.0 Å². The highest BCUT2D eigenvalue weighted by atomic mass is 79.9. The molecule has 5 heteroatoms. The predicted octanol–water partition coefficient (Wildman–Crippen LogP) is 3.24. The molecule has 2 N–H and O–H groups in total. The van der Waals surface area contributed by atoms with Crippen LogP contribution in [0, 0.1) is 6.92 Å². The van der Waals surface area contributed by atoms with Crippen LogP contribution in [0.4, 0.5) is 5.82 Å². The van der Waals surface area contributed by atoms with Gasteiger partial charge in [-0.2, -0.15) is 5.10 Å². The average molecular weight is 301 g/mol. The predicted molar refractivity (Wildman–Crippen MR) is 69.6 cm³/mol. The molecule has 0 saturated heterocycles. The molecule has 0 unspecified atom stereocenters. The van der Waals surface area contributed by atoms with Crippen molar-refractivity contribution in [2.24, 2.45) is 0 Å². The lowest BCUT2D eigenvalue weighted by Gasteiger charge is -2.07. The van der Waals surface area contributed by atoms with Crippen molar-refractivity contribution in [3.05, 3.63) is 45.0 Å². The minimum atomic E-state index is 0.636. The molecule has 0 bridgehead atoms. The number of nitrogens with two attached hydrogens (primary N) is 1. The maximum absolute atomic E-state index is 5.89. The van der Waals surface area contributed by atoms with E-state index < -0.39 is 0 Å². The molecular weight excluding hydrogens is 289 g/mol. The van der Waals surface area contributed by atoms with Crippen LogP contribution in [-0.4, -0.2) is 9.78 Å². The van der Waals surface area contributed by atoms with Gasteiger partial charge in [0.2, 0.25) is 0 Å². The molecule has 0 aliphatic carbocycles. The van der Waals surface area contributed by atoms with Crippen LogP contribution >= 0.6 is 27.5 Å². The summed E-state index contributed by atoms with van der Waals surface area (Å²) in [6.07, 6.45) is 1.76. The standard InChI is InChI=1S/C11H11BrClN3/c1-7-5-15-16(11(7)14)6-8-2-3-9(13)4-10(8)12/h2-5H,6,14H2,1H3. The van der Waals surface area contributed by atoms with E-state index in [1.807, 2.05) is 25.1 Å². The van der Waals surface area contributed by atoms with E-state index in [1.165, 1.54) is 0 Å². The molecule has 2 rings (SSSR count). The normalized spacial score (nSPS) is 10.7. The second-order valence-corrected chi connectivity index (χ2v) is 4.90. The third-order valence-corrected chi connectivity index (χ3v) is 3.38. The van der Waals surface area contributed by atoms with Gasteiger partial charge >= 0.3 is 0 Å². The molecule has 0 amide bonds. The molecule has 1 aromatic heterocycles. The highest BCUT2D eigenvalue weighted by Gasteiger charge is 2.06. The first-order valence-electron chi connectivity index (χ1n) is 4.79. The minimum absolute atomic E-state index is 0.636. The molecular formula is C11H11BrClN3. The molecule has 0 radical (unpaired) electrons. The van der Waals surface area contributed by atoms with Gasteiger partial charge in [0.05, 0.1) is 12.7 Å². The van der Waals surface area contributed by atoms with Crippen molar-refractivity contribution in [1.29, 1.82) is 0 Å². The van der Waals surface area contributed by atoms with E-state index in [0.717, 1.165) is 15.6 Å². The van der Waals surface area contributed by atoms with Crippen molar-refractivity contribution in [3.8, 4) is 0 Å². The summed E-state index contributed by atoms with van der Waals surface area (Å²) >= 11 is 9.35. The fourth-order valence-corrected chi connectivity index (χ4v) is 2.23. The number of rotatable bonds is 2. The van der Waals surface area contributed by atoms with E-state index in [4.69, 9.17) is 17.3 Å². The van der Waals surface area contributed by atoms with Gasteiger partial charge in [0.25, 0.3) is 0 Å². The number of aromatic nitrogens is 2. The summed E-state index contributed by atoms with van der Waals surface area (Å²) in [7, 11) is 0. The van der Waals surface area contributed by atoms with Crippen LogP contribution in [0.5, 0.6) is 0 Å². The summed E-state index contributed by atoms with van der Waals surface area (Å²) in [4.78, 5) is 0. The maximum Gasteiger partial charge on any atom is 0.124 e. The van der Waals surface area contributed by atoms with Crippen LogP contribution in [0.15, 0.2) is 28.9 Å². The quantitative estimate of drug-likeness (QED) is 0.925. The van der Waals surface area contributed by atoms with Gasteiger partial charge < -0.3 is 5.73 Å². The van der Waals surface area contributed by atoms with Crippen LogP contribution in [0.1, 0.15) is 11.1 Å². The van der Waals surface area contributed by atoms with E-state index in [0.29, 0.717) is 17.4 Å². The number of nitrogens with zero attached hydrogens (tertiary/aromatic N) is 2. The molecule has 3 nitrogen and oxygen atoms in total. The van der Waals surface area contributed by atoms with Crippen molar-refractivity contribution in [2.45, 2.75) is 13.5 Å². The summed E-state index contributed by atoms with van der Waals surface area (Å²) < 4.78 is 2.73. The Morgan fingerprint density at radius 2 is 2.25 bits per heavy atom. The van der Waals surface area contributed by atoms with Crippen LogP contribution in [-0.2, 0) is 6.54 Å². The van der Waals surface area contributed by atoms with E-state index in [1.54, 1.807) is 10.9 Å². The zero-order chi connectivity index (χ0) is 11.7. The number of halogens is 2. The van der Waals surface area contributed by atoms with Crippen molar-refractivity contribution in [3.63, 3.8) is 0 Å². The topological polar surface area (TPSA) is 43.8 Å². The first-order valence-corrected chi connectivity index (χ1v) is 5.97. The van der Waals surface area contributed by atoms with E-state index >= 15 is 0 Å². The highest BCUT2D eigenvalue weighted by Crippen LogP contribution is 2.23. The minimum Gasteiger partial charge on any atom is -0.384 e. The molecule has 0 atom stereocenters. The Balaban J connectivity index is 2.30. The Hall–Kier alpha value is -1.00. The number of hydrogen-bond acceptors (Lipinski definition) is 2. The first-order chi connectivity index (χ1) is 7.58. The number of aryl methyl sites for hydroxylation is 1. The molecule has 84 valence electrons. The number of hydrogen-bond donors (Lipinski definition) is 1. The summed E-state index contributed by atoms with van der Waals surface area (Å²) in [5.41, 5.74) is 7.98. The van der Waals surface area contributed by atoms with Crippen molar-refractivity contribution >= 4 is 33.3 Å². The lowest BCUT2D eigenvalue weighted by Crippen LogP contribution is -2.06. The lowest BCUT2D eigenvalue weighted by molar-refractivity contribution is 0.695. The average Bonchev–Trinajstić information content (AvgIpc) is 2.54. The second kappa shape index (κ2) is 4.47.